The SMILES string of the molecule is CC(C)CN1CC2(CCN(C(=O)[C@H](O)C3CCCCC3)CC2)CC1=O. The highest BCUT2D eigenvalue weighted by molar-refractivity contribution is 5.82. The third-order valence-electron chi connectivity index (χ3n) is 6.48. The van der Waals surface area contributed by atoms with Gasteiger partial charge in [0.15, 0.2) is 0 Å². The molecule has 142 valence electrons. The highest BCUT2D eigenvalue weighted by Crippen LogP contribution is 2.41. The van der Waals surface area contributed by atoms with Crippen molar-refractivity contribution >= 4 is 11.8 Å². The number of amides is 2. The molecule has 1 saturated carbocycles. The third-order valence-corrected chi connectivity index (χ3v) is 6.48. The quantitative estimate of drug-likeness (QED) is 0.847. The first kappa shape index (κ1) is 18.7. The van der Waals surface area contributed by atoms with Crippen LogP contribution in [0.25, 0.3) is 0 Å². The van der Waals surface area contributed by atoms with Crippen molar-refractivity contribution < 1.29 is 14.7 Å². The molecule has 1 aliphatic carbocycles. The topological polar surface area (TPSA) is 60.9 Å². The molecule has 0 aromatic rings. The van der Waals surface area contributed by atoms with Crippen molar-refractivity contribution in [3.05, 3.63) is 0 Å². The molecular weight excluding hydrogens is 316 g/mol. The summed E-state index contributed by atoms with van der Waals surface area (Å²) in [7, 11) is 0. The lowest BCUT2D eigenvalue weighted by molar-refractivity contribution is -0.146. The predicted octanol–water partition coefficient (Wildman–Crippen LogP) is 2.42. The molecule has 0 aromatic carbocycles. The number of hydrogen-bond acceptors (Lipinski definition) is 3. The molecule has 0 radical (unpaired) electrons. The molecule has 1 atom stereocenters. The number of hydrogen-bond donors (Lipinski definition) is 1. The summed E-state index contributed by atoms with van der Waals surface area (Å²) in [6, 6.07) is 0. The zero-order valence-corrected chi connectivity index (χ0v) is 15.9. The number of piperidine rings is 1. The fourth-order valence-corrected chi connectivity index (χ4v) is 4.96. The summed E-state index contributed by atoms with van der Waals surface area (Å²) >= 11 is 0. The van der Waals surface area contributed by atoms with Gasteiger partial charge in [-0.25, -0.2) is 0 Å². The first-order valence-electron chi connectivity index (χ1n) is 10.1. The Labute approximate surface area is 151 Å². The maximum atomic E-state index is 12.7. The second-order valence-corrected chi connectivity index (χ2v) is 9.01. The van der Waals surface area contributed by atoms with E-state index in [-0.39, 0.29) is 23.1 Å². The van der Waals surface area contributed by atoms with E-state index in [9.17, 15) is 14.7 Å². The van der Waals surface area contributed by atoms with E-state index in [1.165, 1.54) is 6.42 Å². The third kappa shape index (κ3) is 4.18. The van der Waals surface area contributed by atoms with Crippen molar-refractivity contribution in [1.82, 2.24) is 9.80 Å². The predicted molar refractivity (Wildman–Crippen MR) is 96.9 cm³/mol. The molecule has 1 N–H and O–H groups in total. The van der Waals surface area contributed by atoms with Crippen molar-refractivity contribution in [2.75, 3.05) is 26.2 Å². The van der Waals surface area contributed by atoms with Gasteiger partial charge < -0.3 is 14.9 Å². The van der Waals surface area contributed by atoms with Crippen LogP contribution >= 0.6 is 0 Å². The van der Waals surface area contributed by atoms with Gasteiger partial charge in [-0.15, -0.1) is 0 Å². The summed E-state index contributed by atoms with van der Waals surface area (Å²) in [5.74, 6) is 0.832. The van der Waals surface area contributed by atoms with Crippen LogP contribution in [0.5, 0.6) is 0 Å². The highest BCUT2D eigenvalue weighted by atomic mass is 16.3. The first-order chi connectivity index (χ1) is 11.9. The fourth-order valence-electron chi connectivity index (χ4n) is 4.96. The van der Waals surface area contributed by atoms with E-state index in [1.807, 2.05) is 9.80 Å². The van der Waals surface area contributed by atoms with E-state index in [1.54, 1.807) is 0 Å². The Balaban J connectivity index is 1.53. The van der Waals surface area contributed by atoms with Crippen molar-refractivity contribution in [1.29, 1.82) is 0 Å². The molecule has 0 aromatic heterocycles. The van der Waals surface area contributed by atoms with Crippen LogP contribution in [0.3, 0.4) is 0 Å². The van der Waals surface area contributed by atoms with Crippen LogP contribution in [-0.2, 0) is 9.59 Å². The number of carbonyl (C=O) groups excluding carboxylic acids is 2. The van der Waals surface area contributed by atoms with Crippen LogP contribution in [0.4, 0.5) is 0 Å². The standard InChI is InChI=1S/C20H34N2O3/c1-15(2)13-22-14-20(12-17(22)23)8-10-21(11-9-20)19(25)18(24)16-6-4-3-5-7-16/h15-16,18,24H,3-14H2,1-2H3/t18-/m1/s1. The van der Waals surface area contributed by atoms with Gasteiger partial charge in [-0.2, -0.15) is 0 Å². The van der Waals surface area contributed by atoms with Crippen LogP contribution in [0, 0.1) is 17.3 Å². The number of likely N-dealkylation sites (tertiary alicyclic amines) is 2. The summed E-state index contributed by atoms with van der Waals surface area (Å²) in [6.45, 7) is 7.34. The number of aliphatic hydroxyl groups is 1. The molecule has 5 heteroatoms. The Morgan fingerprint density at radius 3 is 2.44 bits per heavy atom. The Hall–Kier alpha value is -1.10. The lowest BCUT2D eigenvalue weighted by atomic mass is 9.77. The monoisotopic (exact) mass is 350 g/mol. The molecule has 2 saturated heterocycles. The summed E-state index contributed by atoms with van der Waals surface area (Å²) < 4.78 is 0. The van der Waals surface area contributed by atoms with Crippen molar-refractivity contribution in [2.45, 2.75) is 71.3 Å². The Morgan fingerprint density at radius 2 is 1.84 bits per heavy atom. The second kappa shape index (κ2) is 7.65. The minimum atomic E-state index is -0.822. The minimum absolute atomic E-state index is 0.0541. The summed E-state index contributed by atoms with van der Waals surface area (Å²) in [5, 5.41) is 10.5. The van der Waals surface area contributed by atoms with Gasteiger partial charge in [0, 0.05) is 38.0 Å². The lowest BCUT2D eigenvalue weighted by Gasteiger charge is -2.40. The van der Waals surface area contributed by atoms with E-state index in [0.29, 0.717) is 25.4 Å². The van der Waals surface area contributed by atoms with Crippen molar-refractivity contribution in [3.8, 4) is 0 Å². The Bertz CT molecular complexity index is 491. The molecule has 3 fully saturated rings. The highest BCUT2D eigenvalue weighted by Gasteiger charge is 2.46. The van der Waals surface area contributed by atoms with Crippen molar-refractivity contribution in [3.63, 3.8) is 0 Å². The second-order valence-electron chi connectivity index (χ2n) is 9.01. The van der Waals surface area contributed by atoms with Crippen LogP contribution in [-0.4, -0.2) is 59.0 Å². The van der Waals surface area contributed by atoms with Crippen LogP contribution < -0.4 is 0 Å². The molecule has 3 aliphatic rings. The number of nitrogens with zero attached hydrogens (tertiary/aromatic N) is 2. The molecule has 2 aliphatic heterocycles. The molecular formula is C20H34N2O3. The molecule has 2 heterocycles. The van der Waals surface area contributed by atoms with E-state index >= 15 is 0 Å². The number of aliphatic hydroxyl groups excluding tert-OH is 1. The molecule has 2 amide bonds. The largest absolute Gasteiger partial charge is 0.383 e. The van der Waals surface area contributed by atoms with Crippen LogP contribution in [0.2, 0.25) is 0 Å². The smallest absolute Gasteiger partial charge is 0.251 e. The minimum Gasteiger partial charge on any atom is -0.383 e. The first-order valence-corrected chi connectivity index (χ1v) is 10.1. The van der Waals surface area contributed by atoms with Crippen molar-refractivity contribution in [2.24, 2.45) is 17.3 Å². The summed E-state index contributed by atoms with van der Waals surface area (Å²) in [6.07, 6.45) is 7.02. The number of rotatable bonds is 4. The van der Waals surface area contributed by atoms with Gasteiger partial charge in [-0.3, -0.25) is 9.59 Å². The van der Waals surface area contributed by atoms with E-state index < -0.39 is 6.10 Å². The molecule has 0 bridgehead atoms. The summed E-state index contributed by atoms with van der Waals surface area (Å²) in [5.41, 5.74) is 0.0541. The van der Waals surface area contributed by atoms with Gasteiger partial charge in [0.2, 0.25) is 5.91 Å². The van der Waals surface area contributed by atoms with Gasteiger partial charge in [0.1, 0.15) is 6.10 Å². The molecule has 3 rings (SSSR count). The molecule has 0 unspecified atom stereocenters. The van der Waals surface area contributed by atoms with Gasteiger partial charge in [-0.05, 0) is 37.5 Å². The zero-order valence-electron chi connectivity index (χ0n) is 15.9. The summed E-state index contributed by atoms with van der Waals surface area (Å²) in [4.78, 5) is 28.9. The van der Waals surface area contributed by atoms with E-state index in [0.717, 1.165) is 51.6 Å². The molecule has 5 nitrogen and oxygen atoms in total. The zero-order chi connectivity index (χ0) is 18.0. The van der Waals surface area contributed by atoms with Crippen LogP contribution in [0.1, 0.15) is 65.2 Å². The van der Waals surface area contributed by atoms with E-state index in [2.05, 4.69) is 13.8 Å². The average Bonchev–Trinajstić information content (AvgIpc) is 2.89. The average molecular weight is 351 g/mol. The van der Waals surface area contributed by atoms with Crippen LogP contribution in [0.15, 0.2) is 0 Å². The van der Waals surface area contributed by atoms with Gasteiger partial charge in [0.25, 0.3) is 5.91 Å². The number of carbonyl (C=O) groups is 2. The van der Waals surface area contributed by atoms with Gasteiger partial charge in [0.05, 0.1) is 0 Å². The molecule has 1 spiro atoms. The maximum absolute atomic E-state index is 12.7. The van der Waals surface area contributed by atoms with Gasteiger partial charge in [-0.1, -0.05) is 33.1 Å². The lowest BCUT2D eigenvalue weighted by Crippen LogP contribution is -2.49. The Morgan fingerprint density at radius 1 is 1.20 bits per heavy atom. The maximum Gasteiger partial charge on any atom is 0.251 e. The normalized spacial score (nSPS) is 25.8. The van der Waals surface area contributed by atoms with Gasteiger partial charge >= 0.3 is 0 Å². The Kier molecular flexibility index (Phi) is 5.71. The molecule has 25 heavy (non-hydrogen) atoms. The van der Waals surface area contributed by atoms with E-state index in [4.69, 9.17) is 0 Å². The fraction of sp³-hybridized carbons (Fsp3) is 0.900.